The Bertz CT molecular complexity index is 926. The molecule has 4 heteroatoms. The van der Waals surface area contributed by atoms with E-state index in [9.17, 15) is 8.78 Å². The Morgan fingerprint density at radius 3 is 2.33 bits per heavy atom. The van der Waals surface area contributed by atoms with Gasteiger partial charge in [-0.15, -0.1) is 0 Å². The predicted molar refractivity (Wildman–Crippen MR) is 107 cm³/mol. The summed E-state index contributed by atoms with van der Waals surface area (Å²) in [7, 11) is 0. The zero-order chi connectivity index (χ0) is 18.8. The van der Waals surface area contributed by atoms with Crippen molar-refractivity contribution < 1.29 is 13.5 Å². The first-order valence-electron chi connectivity index (χ1n) is 9.46. The third kappa shape index (κ3) is 4.06. The molecule has 1 aliphatic rings. The van der Waals surface area contributed by atoms with E-state index in [0.29, 0.717) is 28.5 Å². The lowest BCUT2D eigenvalue weighted by Crippen LogP contribution is -1.96. The van der Waals surface area contributed by atoms with Crippen LogP contribution in [0.25, 0.3) is 21.6 Å². The second kappa shape index (κ2) is 7.81. The molecule has 1 saturated carbocycles. The van der Waals surface area contributed by atoms with Crippen molar-refractivity contribution in [3.8, 4) is 26.6 Å². The van der Waals surface area contributed by atoms with Crippen molar-refractivity contribution in [3.05, 3.63) is 65.7 Å². The normalized spacial score (nSPS) is 13.7. The molecule has 4 rings (SSSR count). The number of benzene rings is 2. The smallest absolute Gasteiger partial charge is 0.174 e. The highest BCUT2D eigenvalue weighted by Crippen LogP contribution is 2.38. The molecule has 0 atom stereocenters. The van der Waals surface area contributed by atoms with Crippen molar-refractivity contribution in [2.24, 2.45) is 5.92 Å². The summed E-state index contributed by atoms with van der Waals surface area (Å²) in [6.45, 7) is 2.83. The second-order valence-corrected chi connectivity index (χ2v) is 8.15. The molecule has 1 aromatic heterocycles. The minimum Gasteiger partial charge on any atom is -0.484 e. The molecule has 1 heterocycles. The summed E-state index contributed by atoms with van der Waals surface area (Å²) in [5.41, 5.74) is 2.47. The van der Waals surface area contributed by atoms with E-state index in [1.165, 1.54) is 29.7 Å². The van der Waals surface area contributed by atoms with Gasteiger partial charge in [0.15, 0.2) is 16.7 Å². The fourth-order valence-corrected chi connectivity index (χ4v) is 4.01. The van der Waals surface area contributed by atoms with E-state index in [-0.39, 0.29) is 5.56 Å². The van der Waals surface area contributed by atoms with E-state index in [1.807, 2.05) is 30.3 Å². The Balaban J connectivity index is 1.58. The van der Waals surface area contributed by atoms with E-state index in [2.05, 4.69) is 6.92 Å². The Labute approximate surface area is 162 Å². The Hall–Kier alpha value is -2.20. The highest BCUT2D eigenvalue weighted by molar-refractivity contribution is 7.17. The van der Waals surface area contributed by atoms with Gasteiger partial charge in [-0.1, -0.05) is 55.0 Å². The number of aryl methyl sites for hydroxylation is 1. The lowest BCUT2D eigenvalue weighted by molar-refractivity contribution is 0.308. The van der Waals surface area contributed by atoms with Gasteiger partial charge in [0.1, 0.15) is 0 Å². The van der Waals surface area contributed by atoms with Crippen molar-refractivity contribution in [3.63, 3.8) is 0 Å². The monoisotopic (exact) mass is 384 g/mol. The van der Waals surface area contributed by atoms with Crippen LogP contribution >= 0.6 is 11.3 Å². The van der Waals surface area contributed by atoms with E-state index < -0.39 is 11.6 Å². The fourth-order valence-electron chi connectivity index (χ4n) is 3.13. The number of ether oxygens (including phenoxy) is 1. The first-order valence-corrected chi connectivity index (χ1v) is 10.3. The summed E-state index contributed by atoms with van der Waals surface area (Å²) in [4.78, 5) is 0.682. The van der Waals surface area contributed by atoms with Gasteiger partial charge in [0.2, 0.25) is 0 Å². The Morgan fingerprint density at radius 2 is 1.63 bits per heavy atom. The summed E-state index contributed by atoms with van der Waals surface area (Å²) >= 11 is 1.36. The van der Waals surface area contributed by atoms with Gasteiger partial charge in [0, 0.05) is 16.0 Å². The lowest BCUT2D eigenvalue weighted by Gasteiger charge is -2.09. The maximum atomic E-state index is 14.8. The molecule has 1 aliphatic carbocycles. The molecule has 0 N–H and O–H groups in total. The summed E-state index contributed by atoms with van der Waals surface area (Å²) in [5.74, 6) is -0.946. The van der Waals surface area contributed by atoms with Crippen LogP contribution in [-0.4, -0.2) is 6.61 Å². The van der Waals surface area contributed by atoms with Crippen LogP contribution in [0.5, 0.6) is 5.06 Å². The van der Waals surface area contributed by atoms with Crippen LogP contribution in [0.15, 0.2) is 48.5 Å². The average Bonchev–Trinajstić information content (AvgIpc) is 3.40. The average molecular weight is 384 g/mol. The zero-order valence-corrected chi connectivity index (χ0v) is 16.1. The predicted octanol–water partition coefficient (Wildman–Crippen LogP) is 7.10. The molecule has 0 unspecified atom stereocenters. The quantitative estimate of drug-likeness (QED) is 0.422. The number of hydrogen-bond donors (Lipinski definition) is 0. The van der Waals surface area contributed by atoms with Crippen molar-refractivity contribution in [2.45, 2.75) is 32.6 Å². The maximum absolute atomic E-state index is 14.8. The van der Waals surface area contributed by atoms with Gasteiger partial charge in [0.05, 0.1) is 6.61 Å². The fraction of sp³-hybridized carbons (Fsp3) is 0.304. The van der Waals surface area contributed by atoms with E-state index in [1.54, 1.807) is 18.2 Å². The van der Waals surface area contributed by atoms with Gasteiger partial charge in [-0.05, 0) is 54.5 Å². The molecule has 1 nitrogen and oxygen atoms in total. The van der Waals surface area contributed by atoms with Gasteiger partial charge < -0.3 is 4.74 Å². The van der Waals surface area contributed by atoms with E-state index >= 15 is 0 Å². The number of rotatable bonds is 7. The number of halogens is 2. The van der Waals surface area contributed by atoms with Gasteiger partial charge >= 0.3 is 0 Å². The maximum Gasteiger partial charge on any atom is 0.174 e. The molecule has 0 aliphatic heterocycles. The van der Waals surface area contributed by atoms with E-state index in [0.717, 1.165) is 17.9 Å². The number of thiophene rings is 1. The largest absolute Gasteiger partial charge is 0.484 e. The molecule has 0 spiro atoms. The number of hydrogen-bond acceptors (Lipinski definition) is 2. The topological polar surface area (TPSA) is 9.23 Å². The van der Waals surface area contributed by atoms with Crippen LogP contribution in [0.2, 0.25) is 0 Å². The van der Waals surface area contributed by atoms with Gasteiger partial charge in [-0.3, -0.25) is 0 Å². The van der Waals surface area contributed by atoms with Crippen LogP contribution in [0.4, 0.5) is 8.78 Å². The van der Waals surface area contributed by atoms with Crippen LogP contribution in [0, 0.1) is 17.6 Å². The zero-order valence-electron chi connectivity index (χ0n) is 15.3. The molecule has 0 amide bonds. The van der Waals surface area contributed by atoms with Crippen LogP contribution in [0.3, 0.4) is 0 Å². The molecular weight excluding hydrogens is 362 g/mol. The van der Waals surface area contributed by atoms with E-state index in [4.69, 9.17) is 4.74 Å². The third-order valence-electron chi connectivity index (χ3n) is 4.89. The molecule has 27 heavy (non-hydrogen) atoms. The summed E-state index contributed by atoms with van der Waals surface area (Å²) < 4.78 is 35.2. The molecule has 1 fully saturated rings. The van der Waals surface area contributed by atoms with Crippen LogP contribution in [0.1, 0.15) is 31.7 Å². The van der Waals surface area contributed by atoms with Crippen molar-refractivity contribution in [2.75, 3.05) is 6.61 Å². The molecule has 140 valence electrons. The Kier molecular flexibility index (Phi) is 5.26. The van der Waals surface area contributed by atoms with Crippen LogP contribution in [-0.2, 0) is 6.42 Å². The standard InChI is InChI=1S/C23H22F2OS/c1-2-3-15-6-8-17(9-7-15)18-10-11-19(23(25)22(18)24)20-12-13-21(27-20)26-14-16-4-5-16/h6-13,16H,2-5,14H2,1H3. The van der Waals surface area contributed by atoms with Crippen molar-refractivity contribution in [1.29, 1.82) is 0 Å². The highest BCUT2D eigenvalue weighted by atomic mass is 32.1. The first-order chi connectivity index (χ1) is 13.2. The summed E-state index contributed by atoms with van der Waals surface area (Å²) in [5, 5.41) is 0.757. The minimum atomic E-state index is -0.805. The molecular formula is C23H22F2OS. The van der Waals surface area contributed by atoms with Gasteiger partial charge in [0.25, 0.3) is 0 Å². The lowest BCUT2D eigenvalue weighted by atomic mass is 10.00. The van der Waals surface area contributed by atoms with Gasteiger partial charge in [-0.2, -0.15) is 0 Å². The van der Waals surface area contributed by atoms with Crippen molar-refractivity contribution in [1.82, 2.24) is 0 Å². The van der Waals surface area contributed by atoms with Crippen LogP contribution < -0.4 is 4.74 Å². The minimum absolute atomic E-state index is 0.283. The van der Waals surface area contributed by atoms with Crippen molar-refractivity contribution >= 4 is 11.3 Å². The second-order valence-electron chi connectivity index (χ2n) is 7.11. The Morgan fingerprint density at radius 1 is 0.926 bits per heavy atom. The summed E-state index contributed by atoms with van der Waals surface area (Å²) in [6, 6.07) is 14.6. The molecule has 0 radical (unpaired) electrons. The third-order valence-corrected chi connectivity index (χ3v) is 5.92. The highest BCUT2D eigenvalue weighted by Gasteiger charge is 2.22. The molecule has 0 saturated heterocycles. The molecule has 0 bridgehead atoms. The summed E-state index contributed by atoms with van der Waals surface area (Å²) in [6.07, 6.45) is 4.49. The van der Waals surface area contributed by atoms with Gasteiger partial charge in [-0.25, -0.2) is 8.78 Å². The molecule has 2 aromatic carbocycles. The molecule has 3 aromatic rings. The first kappa shape index (κ1) is 18.2. The SMILES string of the molecule is CCCc1ccc(-c2ccc(-c3ccc(OCC4CC4)s3)c(F)c2F)cc1.